The van der Waals surface area contributed by atoms with Crippen molar-refractivity contribution in [3.8, 4) is 0 Å². The number of aryl methyl sites for hydroxylation is 1. The summed E-state index contributed by atoms with van der Waals surface area (Å²) in [5.74, 6) is -2.91. The lowest BCUT2D eigenvalue weighted by molar-refractivity contribution is -0.244. The number of aromatic nitrogens is 2. The van der Waals surface area contributed by atoms with Crippen molar-refractivity contribution >= 4 is 28.6 Å². The highest BCUT2D eigenvalue weighted by Gasteiger charge is 2.48. The topological polar surface area (TPSA) is 88.6 Å². The largest absolute Gasteiger partial charge is 0.349 e. The number of nitrogens with zero attached hydrogens (tertiary/aromatic N) is 2. The number of H-pyrrole nitrogens is 1. The molecule has 2 aliphatic rings. The minimum Gasteiger partial charge on any atom is -0.349 e. The molecule has 2 aliphatic heterocycles. The van der Waals surface area contributed by atoms with E-state index in [0.29, 0.717) is 24.3 Å². The molecule has 2 N–H and O–H groups in total. The Bertz CT molecular complexity index is 1410. The molecule has 0 bridgehead atoms. The van der Waals surface area contributed by atoms with Gasteiger partial charge in [0.2, 0.25) is 0 Å². The van der Waals surface area contributed by atoms with E-state index in [-0.39, 0.29) is 43.2 Å². The van der Waals surface area contributed by atoms with Gasteiger partial charge in [0.1, 0.15) is 0 Å². The summed E-state index contributed by atoms with van der Waals surface area (Å²) in [7, 11) is 0. The van der Waals surface area contributed by atoms with Crippen molar-refractivity contribution < 1.29 is 23.0 Å². The number of fused-ring (bicyclic) bond motifs is 1. The normalized spacial score (nSPS) is 22.3. The molecule has 4 heterocycles. The maximum atomic E-state index is 13.5. The molecule has 5 rings (SSSR count). The average molecular weight is 547 g/mol. The third-order valence-corrected chi connectivity index (χ3v) is 8.15. The summed E-state index contributed by atoms with van der Waals surface area (Å²) in [6.07, 6.45) is 1.31. The standard InChI is InChI=1S/C27H32F2N4O4S/c1-15-9-22(38-4)20(24(34)31-15)10-30-25(35)23-16(2)33(21-8-6-5-7-19(21)23)17(3)26-36-11-18(12-37-26)32-13-27(28,29)14-32/h5-9,17-18,26H,10-14H2,1-4H3,(H,30,35)(H,31,34). The van der Waals surface area contributed by atoms with Gasteiger partial charge in [-0.1, -0.05) is 18.2 Å². The Morgan fingerprint density at radius 1 is 1.24 bits per heavy atom. The minimum absolute atomic E-state index is 0.102. The van der Waals surface area contributed by atoms with E-state index >= 15 is 0 Å². The highest BCUT2D eigenvalue weighted by atomic mass is 32.2. The first-order valence-electron chi connectivity index (χ1n) is 12.6. The Balaban J connectivity index is 1.35. The Morgan fingerprint density at radius 2 is 1.92 bits per heavy atom. The summed E-state index contributed by atoms with van der Waals surface area (Å²) in [6.45, 7) is 5.84. The summed E-state index contributed by atoms with van der Waals surface area (Å²) in [5.41, 5.74) is 3.20. The Kier molecular flexibility index (Phi) is 7.38. The Labute approximate surface area is 223 Å². The van der Waals surface area contributed by atoms with E-state index in [1.54, 1.807) is 4.90 Å². The second-order valence-corrected chi connectivity index (χ2v) is 10.9. The molecule has 8 nitrogen and oxygen atoms in total. The molecule has 1 unspecified atom stereocenters. The molecular formula is C27H32F2N4O4S. The molecule has 0 saturated carbocycles. The zero-order valence-corrected chi connectivity index (χ0v) is 22.7. The van der Waals surface area contributed by atoms with Gasteiger partial charge in [-0.05, 0) is 39.2 Å². The van der Waals surface area contributed by atoms with Crippen LogP contribution in [0.25, 0.3) is 10.9 Å². The Hall–Kier alpha value is -2.73. The van der Waals surface area contributed by atoms with E-state index in [1.807, 2.05) is 61.9 Å². The third kappa shape index (κ3) is 5.00. The summed E-state index contributed by atoms with van der Waals surface area (Å²) < 4.78 is 40.6. The monoisotopic (exact) mass is 546 g/mol. The number of pyridine rings is 1. The fourth-order valence-electron chi connectivity index (χ4n) is 5.42. The predicted molar refractivity (Wildman–Crippen MR) is 142 cm³/mol. The van der Waals surface area contributed by atoms with E-state index in [4.69, 9.17) is 9.47 Å². The van der Waals surface area contributed by atoms with Crippen LogP contribution in [0.15, 0.2) is 40.0 Å². The molecule has 1 aromatic carbocycles. The van der Waals surface area contributed by atoms with E-state index in [1.165, 1.54) is 11.8 Å². The van der Waals surface area contributed by atoms with Crippen molar-refractivity contribution in [2.75, 3.05) is 32.6 Å². The number of thioether (sulfide) groups is 1. The highest BCUT2D eigenvalue weighted by Crippen LogP contribution is 2.34. The van der Waals surface area contributed by atoms with Crippen molar-refractivity contribution in [2.24, 2.45) is 0 Å². The van der Waals surface area contributed by atoms with Crippen LogP contribution >= 0.6 is 11.8 Å². The van der Waals surface area contributed by atoms with Crippen LogP contribution in [-0.2, 0) is 16.0 Å². The summed E-state index contributed by atoms with van der Waals surface area (Å²) >= 11 is 1.46. The van der Waals surface area contributed by atoms with Crippen LogP contribution in [0.4, 0.5) is 8.78 Å². The lowest BCUT2D eigenvalue weighted by Crippen LogP contribution is -2.63. The number of hydrogen-bond acceptors (Lipinski definition) is 6. The van der Waals surface area contributed by atoms with Crippen LogP contribution in [0.2, 0.25) is 0 Å². The van der Waals surface area contributed by atoms with Gasteiger partial charge in [-0.2, -0.15) is 0 Å². The van der Waals surface area contributed by atoms with Crippen LogP contribution in [0.1, 0.15) is 40.3 Å². The number of amides is 1. The van der Waals surface area contributed by atoms with E-state index in [0.717, 1.165) is 27.2 Å². The first-order chi connectivity index (χ1) is 18.1. The first-order valence-corrected chi connectivity index (χ1v) is 13.8. The maximum absolute atomic E-state index is 13.5. The second-order valence-electron chi connectivity index (χ2n) is 10.0. The molecular weight excluding hydrogens is 514 g/mol. The molecule has 2 fully saturated rings. The van der Waals surface area contributed by atoms with Crippen molar-refractivity contribution in [2.45, 2.75) is 56.5 Å². The lowest BCUT2D eigenvalue weighted by Gasteiger charge is -2.46. The van der Waals surface area contributed by atoms with Crippen LogP contribution in [-0.4, -0.2) is 71.2 Å². The minimum atomic E-state index is -2.63. The van der Waals surface area contributed by atoms with Gasteiger partial charge in [-0.15, -0.1) is 11.8 Å². The predicted octanol–water partition coefficient (Wildman–Crippen LogP) is 3.85. The SMILES string of the molecule is CSc1cc(C)[nH]c(=O)c1CNC(=O)c1c(C)n(C(C)C2OCC(N3CC(F)(F)C3)CO2)c2ccccc12. The smallest absolute Gasteiger partial charge is 0.272 e. The number of carbonyl (C=O) groups excluding carboxylic acids is 1. The van der Waals surface area contributed by atoms with Crippen molar-refractivity contribution in [3.63, 3.8) is 0 Å². The molecule has 1 amide bonds. The third-order valence-electron chi connectivity index (χ3n) is 7.35. The molecule has 38 heavy (non-hydrogen) atoms. The Morgan fingerprint density at radius 3 is 2.58 bits per heavy atom. The number of para-hydroxylation sites is 1. The van der Waals surface area contributed by atoms with Gasteiger partial charge in [0.15, 0.2) is 6.29 Å². The van der Waals surface area contributed by atoms with Gasteiger partial charge in [0.25, 0.3) is 17.4 Å². The van der Waals surface area contributed by atoms with E-state index < -0.39 is 12.2 Å². The van der Waals surface area contributed by atoms with E-state index in [9.17, 15) is 18.4 Å². The van der Waals surface area contributed by atoms with Crippen LogP contribution < -0.4 is 10.9 Å². The van der Waals surface area contributed by atoms with Crippen molar-refractivity contribution in [3.05, 3.63) is 63.2 Å². The van der Waals surface area contributed by atoms with Crippen LogP contribution in [0, 0.1) is 13.8 Å². The zero-order valence-electron chi connectivity index (χ0n) is 21.8. The van der Waals surface area contributed by atoms with Crippen molar-refractivity contribution in [1.82, 2.24) is 19.8 Å². The number of alkyl halides is 2. The fourth-order valence-corrected chi connectivity index (χ4v) is 6.13. The number of likely N-dealkylation sites (tertiary alicyclic amines) is 1. The molecule has 2 aromatic heterocycles. The lowest BCUT2D eigenvalue weighted by atomic mass is 10.1. The molecule has 2 saturated heterocycles. The molecule has 1 atom stereocenters. The number of rotatable bonds is 7. The molecule has 3 aromatic rings. The summed E-state index contributed by atoms with van der Waals surface area (Å²) in [6, 6.07) is 9.06. The molecule has 0 radical (unpaired) electrons. The van der Waals surface area contributed by atoms with E-state index in [2.05, 4.69) is 10.3 Å². The molecule has 204 valence electrons. The number of carbonyl (C=O) groups is 1. The average Bonchev–Trinajstić information content (AvgIpc) is 3.17. The van der Waals surface area contributed by atoms with Gasteiger partial charge in [-0.25, -0.2) is 8.78 Å². The number of ether oxygens (including phenoxy) is 2. The molecule has 11 heteroatoms. The summed E-state index contributed by atoms with van der Waals surface area (Å²) in [5, 5.41) is 3.72. The number of halogens is 2. The van der Waals surface area contributed by atoms with Gasteiger partial charge >= 0.3 is 0 Å². The molecule has 0 aliphatic carbocycles. The van der Waals surface area contributed by atoms with Crippen molar-refractivity contribution in [1.29, 1.82) is 0 Å². The zero-order chi connectivity index (χ0) is 27.2. The number of nitrogens with one attached hydrogen (secondary N) is 2. The summed E-state index contributed by atoms with van der Waals surface area (Å²) in [4.78, 5) is 31.3. The second kappa shape index (κ2) is 10.4. The van der Waals surface area contributed by atoms with Gasteiger partial charge < -0.3 is 24.3 Å². The van der Waals surface area contributed by atoms with Gasteiger partial charge in [0, 0.05) is 39.3 Å². The molecule has 0 spiro atoms. The van der Waals surface area contributed by atoms with Gasteiger partial charge in [-0.3, -0.25) is 14.5 Å². The van der Waals surface area contributed by atoms with Gasteiger partial charge in [0.05, 0.1) is 44.0 Å². The maximum Gasteiger partial charge on any atom is 0.272 e. The fraction of sp³-hybridized carbons (Fsp3) is 0.481. The quantitative estimate of drug-likeness (QED) is 0.438. The number of benzene rings is 1. The number of aromatic amines is 1. The first kappa shape index (κ1) is 26.9. The number of hydrogen-bond donors (Lipinski definition) is 2. The van der Waals surface area contributed by atoms with Crippen LogP contribution in [0.5, 0.6) is 0 Å². The van der Waals surface area contributed by atoms with Crippen LogP contribution in [0.3, 0.4) is 0 Å². The highest BCUT2D eigenvalue weighted by molar-refractivity contribution is 7.98.